The molecule has 1 aliphatic rings. The summed E-state index contributed by atoms with van der Waals surface area (Å²) in [4.78, 5) is 23.8. The van der Waals surface area contributed by atoms with Crippen molar-refractivity contribution >= 4 is 17.8 Å². The normalized spacial score (nSPS) is 17.7. The maximum Gasteiger partial charge on any atom is 0.323 e. The molecule has 3 N–H and O–H groups in total. The predicted molar refractivity (Wildman–Crippen MR) is 74.8 cm³/mol. The number of amides is 1. The molecule has 0 bridgehead atoms. The Hall–Kier alpha value is -2.12. The first-order chi connectivity index (χ1) is 9.71. The fourth-order valence-corrected chi connectivity index (χ4v) is 1.81. The monoisotopic (exact) mass is 280 g/mol. The lowest BCUT2D eigenvalue weighted by Crippen LogP contribution is -2.24. The number of nitrogens with one attached hydrogen (secondary N) is 3. The lowest BCUT2D eigenvalue weighted by Gasteiger charge is -2.12. The van der Waals surface area contributed by atoms with E-state index in [9.17, 15) is 4.79 Å². The van der Waals surface area contributed by atoms with Crippen molar-refractivity contribution in [1.29, 1.82) is 0 Å². The second-order valence-corrected chi connectivity index (χ2v) is 4.49. The number of ether oxygens (including phenoxy) is 1. The maximum absolute atomic E-state index is 11.2. The number of hydrogen-bond donors (Lipinski definition) is 3. The van der Waals surface area contributed by atoms with E-state index in [-0.39, 0.29) is 18.0 Å². The summed E-state index contributed by atoms with van der Waals surface area (Å²) in [5.74, 6) is 0.919. The molecule has 1 saturated heterocycles. The van der Waals surface area contributed by atoms with Crippen molar-refractivity contribution in [3.63, 3.8) is 0 Å². The van der Waals surface area contributed by atoms with E-state index in [0.717, 1.165) is 6.42 Å². The number of anilines is 2. The molecule has 1 aromatic heterocycles. The number of hydrogen-bond acceptors (Lipinski definition) is 7. The van der Waals surface area contributed by atoms with Gasteiger partial charge < -0.3 is 20.7 Å². The van der Waals surface area contributed by atoms with Crippen molar-refractivity contribution in [2.24, 2.45) is 0 Å². The lowest BCUT2D eigenvalue weighted by atomic mass is 10.3. The highest BCUT2D eigenvalue weighted by Crippen LogP contribution is 2.14. The lowest BCUT2D eigenvalue weighted by molar-refractivity contribution is -0.119. The van der Waals surface area contributed by atoms with Gasteiger partial charge in [-0.3, -0.25) is 4.79 Å². The van der Waals surface area contributed by atoms with E-state index in [1.165, 1.54) is 0 Å². The Balaban J connectivity index is 2.08. The highest BCUT2D eigenvalue weighted by Gasteiger charge is 2.22. The Bertz CT molecular complexity index is 467. The Morgan fingerprint density at radius 3 is 2.75 bits per heavy atom. The van der Waals surface area contributed by atoms with Crippen LogP contribution in [0.1, 0.15) is 26.7 Å². The molecule has 1 fully saturated rings. The summed E-state index contributed by atoms with van der Waals surface area (Å²) < 4.78 is 5.44. The summed E-state index contributed by atoms with van der Waals surface area (Å²) in [6, 6.07) is 0.288. The highest BCUT2D eigenvalue weighted by atomic mass is 16.5. The Morgan fingerprint density at radius 2 is 2.10 bits per heavy atom. The van der Waals surface area contributed by atoms with Gasteiger partial charge >= 0.3 is 6.01 Å². The van der Waals surface area contributed by atoms with E-state index in [1.54, 1.807) is 0 Å². The topological polar surface area (TPSA) is 101 Å². The molecule has 1 aliphatic heterocycles. The minimum atomic E-state index is -0.00148. The van der Waals surface area contributed by atoms with E-state index in [2.05, 4.69) is 30.9 Å². The molecule has 0 radical (unpaired) electrons. The summed E-state index contributed by atoms with van der Waals surface area (Å²) >= 11 is 0. The van der Waals surface area contributed by atoms with Crippen LogP contribution in [0.4, 0.5) is 11.9 Å². The van der Waals surface area contributed by atoms with Gasteiger partial charge in [0.15, 0.2) is 0 Å². The third kappa shape index (κ3) is 3.94. The molecule has 110 valence electrons. The van der Waals surface area contributed by atoms with Crippen LogP contribution in [0.15, 0.2) is 0 Å². The molecule has 2 heterocycles. The Kier molecular flexibility index (Phi) is 4.91. The summed E-state index contributed by atoms with van der Waals surface area (Å²) in [5, 5.41) is 8.91. The molecule has 2 rings (SSSR count). The van der Waals surface area contributed by atoms with Gasteiger partial charge in [-0.1, -0.05) is 6.92 Å². The van der Waals surface area contributed by atoms with E-state index in [1.807, 2.05) is 13.8 Å². The van der Waals surface area contributed by atoms with Crippen molar-refractivity contribution in [3.05, 3.63) is 0 Å². The molecule has 8 heteroatoms. The molecular weight excluding hydrogens is 260 g/mol. The first-order valence-corrected chi connectivity index (χ1v) is 6.87. The van der Waals surface area contributed by atoms with Crippen LogP contribution in [0.5, 0.6) is 6.01 Å². The van der Waals surface area contributed by atoms with Gasteiger partial charge in [0.1, 0.15) is 0 Å². The number of aromatic nitrogens is 3. The SMILES string of the molecule is CCCOc1nc(NCC)nc(NC2CNC(=O)C2)n1. The van der Waals surface area contributed by atoms with Gasteiger partial charge in [0, 0.05) is 19.5 Å². The molecule has 8 nitrogen and oxygen atoms in total. The van der Waals surface area contributed by atoms with Crippen molar-refractivity contribution in [3.8, 4) is 6.01 Å². The highest BCUT2D eigenvalue weighted by molar-refractivity contribution is 5.79. The van der Waals surface area contributed by atoms with E-state index >= 15 is 0 Å². The van der Waals surface area contributed by atoms with Crippen LogP contribution in [0, 0.1) is 0 Å². The first-order valence-electron chi connectivity index (χ1n) is 6.87. The second-order valence-electron chi connectivity index (χ2n) is 4.49. The third-order valence-corrected chi connectivity index (χ3v) is 2.70. The zero-order valence-corrected chi connectivity index (χ0v) is 11.8. The third-order valence-electron chi connectivity index (χ3n) is 2.70. The Morgan fingerprint density at radius 1 is 1.30 bits per heavy atom. The van der Waals surface area contributed by atoms with Crippen LogP contribution in [-0.2, 0) is 4.79 Å². The number of carbonyl (C=O) groups is 1. The molecule has 1 atom stereocenters. The van der Waals surface area contributed by atoms with Gasteiger partial charge in [-0.15, -0.1) is 0 Å². The average molecular weight is 280 g/mol. The van der Waals surface area contributed by atoms with E-state index in [0.29, 0.717) is 38.0 Å². The van der Waals surface area contributed by atoms with Crippen molar-refractivity contribution in [2.45, 2.75) is 32.7 Å². The molecule has 20 heavy (non-hydrogen) atoms. The van der Waals surface area contributed by atoms with Gasteiger partial charge in [0.05, 0.1) is 12.6 Å². The zero-order chi connectivity index (χ0) is 14.4. The first kappa shape index (κ1) is 14.3. The van der Waals surface area contributed by atoms with Crippen LogP contribution < -0.4 is 20.7 Å². The Labute approximate surface area is 117 Å². The largest absolute Gasteiger partial charge is 0.463 e. The van der Waals surface area contributed by atoms with Crippen LogP contribution in [-0.4, -0.2) is 46.6 Å². The molecule has 1 aromatic rings. The van der Waals surface area contributed by atoms with Crippen molar-refractivity contribution in [1.82, 2.24) is 20.3 Å². The number of carbonyl (C=O) groups excluding carboxylic acids is 1. The van der Waals surface area contributed by atoms with Gasteiger partial charge in [0.25, 0.3) is 0 Å². The maximum atomic E-state index is 11.2. The van der Waals surface area contributed by atoms with Crippen LogP contribution in [0.3, 0.4) is 0 Å². The van der Waals surface area contributed by atoms with Gasteiger partial charge in [-0.05, 0) is 13.3 Å². The quantitative estimate of drug-likeness (QED) is 0.664. The van der Waals surface area contributed by atoms with Crippen LogP contribution in [0.25, 0.3) is 0 Å². The second kappa shape index (κ2) is 6.88. The fourth-order valence-electron chi connectivity index (χ4n) is 1.81. The number of rotatable bonds is 7. The minimum Gasteiger partial charge on any atom is -0.463 e. The van der Waals surface area contributed by atoms with Gasteiger partial charge in [0.2, 0.25) is 17.8 Å². The molecular formula is C12H20N6O2. The summed E-state index contributed by atoms with van der Waals surface area (Å²) in [5.41, 5.74) is 0. The zero-order valence-electron chi connectivity index (χ0n) is 11.8. The molecule has 1 unspecified atom stereocenters. The van der Waals surface area contributed by atoms with E-state index < -0.39 is 0 Å². The average Bonchev–Trinajstić information content (AvgIpc) is 2.82. The molecule has 0 spiro atoms. The predicted octanol–water partition coefficient (Wildman–Crippen LogP) is 0.393. The summed E-state index contributed by atoms with van der Waals surface area (Å²) in [6.07, 6.45) is 1.30. The van der Waals surface area contributed by atoms with Crippen LogP contribution in [0.2, 0.25) is 0 Å². The molecule has 0 aliphatic carbocycles. The van der Waals surface area contributed by atoms with Crippen molar-refractivity contribution in [2.75, 3.05) is 30.3 Å². The molecule has 0 aromatic carbocycles. The summed E-state index contributed by atoms with van der Waals surface area (Å²) in [6.45, 7) is 5.81. The smallest absolute Gasteiger partial charge is 0.323 e. The van der Waals surface area contributed by atoms with Crippen LogP contribution >= 0.6 is 0 Å². The standard InChI is InChI=1S/C12H20N6O2/c1-3-5-20-12-17-10(13-4-2)16-11(18-12)15-8-6-9(19)14-7-8/h8H,3-7H2,1-2H3,(H,14,19)(H2,13,15,16,17,18). The molecule has 0 saturated carbocycles. The van der Waals surface area contributed by atoms with Gasteiger partial charge in [-0.2, -0.15) is 15.0 Å². The summed E-state index contributed by atoms with van der Waals surface area (Å²) in [7, 11) is 0. The number of nitrogens with zero attached hydrogens (tertiary/aromatic N) is 3. The van der Waals surface area contributed by atoms with E-state index in [4.69, 9.17) is 4.74 Å². The minimum absolute atomic E-state index is 0.00148. The van der Waals surface area contributed by atoms with Gasteiger partial charge in [-0.25, -0.2) is 0 Å². The fraction of sp³-hybridized carbons (Fsp3) is 0.667. The van der Waals surface area contributed by atoms with Crippen molar-refractivity contribution < 1.29 is 9.53 Å². The molecule has 1 amide bonds.